The quantitative estimate of drug-likeness (QED) is 0.878. The number of nitrogens with zero attached hydrogens (tertiary/aromatic N) is 2. The van der Waals surface area contributed by atoms with Gasteiger partial charge >= 0.3 is 5.97 Å². The molecule has 1 N–H and O–H groups in total. The van der Waals surface area contributed by atoms with Gasteiger partial charge in [-0.2, -0.15) is 0 Å². The average Bonchev–Trinajstić information content (AvgIpc) is 3.10. The van der Waals surface area contributed by atoms with E-state index in [-0.39, 0.29) is 10.6 Å². The minimum Gasteiger partial charge on any atom is -0.478 e. The van der Waals surface area contributed by atoms with Crippen molar-refractivity contribution in [3.8, 4) is 0 Å². The molecule has 0 radical (unpaired) electrons. The van der Waals surface area contributed by atoms with Crippen LogP contribution < -0.4 is 4.90 Å². The van der Waals surface area contributed by atoms with Crippen molar-refractivity contribution >= 4 is 23.4 Å². The van der Waals surface area contributed by atoms with Crippen LogP contribution >= 0.6 is 11.6 Å². The standard InChI is InChI=1S/C12H15ClN2O2/c1-2-5-15(8-3-4-8)11-6-9(12(16)17)10(13)7-14-11/h6-8H,2-5H2,1H3,(H,16,17). The lowest BCUT2D eigenvalue weighted by molar-refractivity contribution is 0.0697. The molecular formula is C12H15ClN2O2. The molecule has 0 amide bonds. The molecule has 92 valence electrons. The summed E-state index contributed by atoms with van der Waals surface area (Å²) >= 11 is 5.81. The Kier molecular flexibility index (Phi) is 3.52. The molecule has 4 nitrogen and oxygen atoms in total. The van der Waals surface area contributed by atoms with Gasteiger partial charge in [-0.15, -0.1) is 0 Å². The Hall–Kier alpha value is -1.29. The zero-order chi connectivity index (χ0) is 12.4. The molecular weight excluding hydrogens is 240 g/mol. The predicted octanol–water partition coefficient (Wildman–Crippen LogP) is 2.81. The molecule has 0 aliphatic heterocycles. The third-order valence-electron chi connectivity index (χ3n) is 2.82. The fourth-order valence-corrected chi connectivity index (χ4v) is 2.04. The number of carbonyl (C=O) groups is 1. The van der Waals surface area contributed by atoms with Crippen molar-refractivity contribution in [1.82, 2.24) is 4.98 Å². The maximum Gasteiger partial charge on any atom is 0.337 e. The summed E-state index contributed by atoms with van der Waals surface area (Å²) in [5.74, 6) is -0.290. The van der Waals surface area contributed by atoms with Crippen LogP contribution in [0.5, 0.6) is 0 Å². The summed E-state index contributed by atoms with van der Waals surface area (Å²) in [5, 5.41) is 9.21. The van der Waals surface area contributed by atoms with Crippen molar-refractivity contribution in [2.45, 2.75) is 32.2 Å². The average molecular weight is 255 g/mol. The largest absolute Gasteiger partial charge is 0.478 e. The van der Waals surface area contributed by atoms with E-state index in [2.05, 4.69) is 16.8 Å². The Morgan fingerprint density at radius 1 is 1.65 bits per heavy atom. The van der Waals surface area contributed by atoms with E-state index in [9.17, 15) is 4.79 Å². The number of hydrogen-bond acceptors (Lipinski definition) is 3. The number of halogens is 1. The minimum atomic E-state index is -1.01. The molecule has 1 heterocycles. The monoisotopic (exact) mass is 254 g/mol. The molecule has 0 atom stereocenters. The number of aromatic nitrogens is 1. The highest BCUT2D eigenvalue weighted by Crippen LogP contribution is 2.32. The first-order chi connectivity index (χ1) is 8.13. The van der Waals surface area contributed by atoms with Crippen LogP contribution in [0.2, 0.25) is 5.02 Å². The Morgan fingerprint density at radius 2 is 2.35 bits per heavy atom. The van der Waals surface area contributed by atoms with E-state index in [0.717, 1.165) is 31.6 Å². The molecule has 1 aromatic rings. The first-order valence-electron chi connectivity index (χ1n) is 5.79. The molecule has 1 aliphatic rings. The molecule has 0 unspecified atom stereocenters. The maximum atomic E-state index is 11.0. The van der Waals surface area contributed by atoms with E-state index in [1.54, 1.807) is 6.07 Å². The van der Waals surface area contributed by atoms with Crippen LogP contribution in [0, 0.1) is 0 Å². The topological polar surface area (TPSA) is 53.4 Å². The molecule has 17 heavy (non-hydrogen) atoms. The van der Waals surface area contributed by atoms with E-state index in [1.165, 1.54) is 6.20 Å². The summed E-state index contributed by atoms with van der Waals surface area (Å²) in [6.07, 6.45) is 4.76. The minimum absolute atomic E-state index is 0.124. The highest BCUT2D eigenvalue weighted by atomic mass is 35.5. The molecule has 1 fully saturated rings. The van der Waals surface area contributed by atoms with E-state index in [4.69, 9.17) is 16.7 Å². The van der Waals surface area contributed by atoms with Gasteiger partial charge in [-0.25, -0.2) is 9.78 Å². The summed E-state index contributed by atoms with van der Waals surface area (Å²) in [4.78, 5) is 17.4. The molecule has 1 aromatic heterocycles. The van der Waals surface area contributed by atoms with Crippen molar-refractivity contribution in [3.63, 3.8) is 0 Å². The third kappa shape index (κ3) is 2.69. The molecule has 1 aliphatic carbocycles. The lowest BCUT2D eigenvalue weighted by Gasteiger charge is -2.23. The summed E-state index contributed by atoms with van der Waals surface area (Å²) in [6.45, 7) is 3.00. The van der Waals surface area contributed by atoms with Gasteiger partial charge in [-0.3, -0.25) is 0 Å². The molecule has 1 saturated carbocycles. The van der Waals surface area contributed by atoms with Gasteiger partial charge in [0, 0.05) is 18.8 Å². The van der Waals surface area contributed by atoms with Crippen LogP contribution in [0.3, 0.4) is 0 Å². The Bertz CT molecular complexity index is 433. The second-order valence-corrected chi connectivity index (χ2v) is 4.66. The van der Waals surface area contributed by atoms with Crippen molar-refractivity contribution in [2.24, 2.45) is 0 Å². The highest BCUT2D eigenvalue weighted by Gasteiger charge is 2.30. The van der Waals surface area contributed by atoms with Crippen molar-refractivity contribution < 1.29 is 9.90 Å². The van der Waals surface area contributed by atoms with Gasteiger partial charge in [0.25, 0.3) is 0 Å². The zero-order valence-corrected chi connectivity index (χ0v) is 10.4. The van der Waals surface area contributed by atoms with Crippen LogP contribution in [-0.2, 0) is 0 Å². The van der Waals surface area contributed by atoms with Gasteiger partial charge in [0.2, 0.25) is 0 Å². The predicted molar refractivity (Wildman–Crippen MR) is 66.9 cm³/mol. The fraction of sp³-hybridized carbons (Fsp3) is 0.500. The van der Waals surface area contributed by atoms with E-state index >= 15 is 0 Å². The van der Waals surface area contributed by atoms with Gasteiger partial charge in [-0.05, 0) is 25.3 Å². The van der Waals surface area contributed by atoms with E-state index in [1.807, 2.05) is 0 Å². The van der Waals surface area contributed by atoms with E-state index < -0.39 is 5.97 Å². The van der Waals surface area contributed by atoms with Crippen molar-refractivity contribution in [2.75, 3.05) is 11.4 Å². The first-order valence-corrected chi connectivity index (χ1v) is 6.16. The van der Waals surface area contributed by atoms with Gasteiger partial charge in [0.05, 0.1) is 10.6 Å². The smallest absolute Gasteiger partial charge is 0.337 e. The normalized spacial score (nSPS) is 14.7. The second kappa shape index (κ2) is 4.92. The van der Waals surface area contributed by atoms with Crippen molar-refractivity contribution in [1.29, 1.82) is 0 Å². The lowest BCUT2D eigenvalue weighted by Crippen LogP contribution is -2.27. The number of anilines is 1. The molecule has 0 aromatic carbocycles. The first kappa shape index (κ1) is 12.2. The number of hydrogen-bond donors (Lipinski definition) is 1. The molecule has 0 bridgehead atoms. The Labute approximate surface area is 105 Å². The maximum absolute atomic E-state index is 11.0. The summed E-state index contributed by atoms with van der Waals surface area (Å²) in [6, 6.07) is 2.09. The van der Waals surface area contributed by atoms with Crippen LogP contribution in [0.4, 0.5) is 5.82 Å². The molecule has 5 heteroatoms. The van der Waals surface area contributed by atoms with Crippen LogP contribution in [-0.4, -0.2) is 28.6 Å². The number of carboxylic acids is 1. The summed E-state index contributed by atoms with van der Waals surface area (Å²) in [7, 11) is 0. The SMILES string of the molecule is CCCN(c1cc(C(=O)O)c(Cl)cn1)C1CC1. The van der Waals surface area contributed by atoms with Crippen LogP contribution in [0.25, 0.3) is 0 Å². The number of rotatable bonds is 5. The lowest BCUT2D eigenvalue weighted by atomic mass is 10.2. The summed E-state index contributed by atoms with van der Waals surface area (Å²) < 4.78 is 0. The fourth-order valence-electron chi connectivity index (χ4n) is 1.86. The zero-order valence-electron chi connectivity index (χ0n) is 9.69. The van der Waals surface area contributed by atoms with E-state index in [0.29, 0.717) is 6.04 Å². The second-order valence-electron chi connectivity index (χ2n) is 4.25. The van der Waals surface area contributed by atoms with Crippen LogP contribution in [0.15, 0.2) is 12.3 Å². The number of aromatic carboxylic acids is 1. The van der Waals surface area contributed by atoms with Gasteiger partial charge in [0.15, 0.2) is 0 Å². The molecule has 2 rings (SSSR count). The number of pyridine rings is 1. The highest BCUT2D eigenvalue weighted by molar-refractivity contribution is 6.33. The molecule has 0 spiro atoms. The van der Waals surface area contributed by atoms with Gasteiger partial charge < -0.3 is 10.0 Å². The summed E-state index contributed by atoms with van der Waals surface area (Å²) in [5.41, 5.74) is 0.124. The molecule has 0 saturated heterocycles. The third-order valence-corrected chi connectivity index (χ3v) is 3.12. The van der Waals surface area contributed by atoms with Crippen molar-refractivity contribution in [3.05, 3.63) is 22.8 Å². The Morgan fingerprint density at radius 3 is 2.88 bits per heavy atom. The Balaban J connectivity index is 2.30. The van der Waals surface area contributed by atoms with Gasteiger partial charge in [0.1, 0.15) is 5.82 Å². The number of carboxylic acid groups (broad SMARTS) is 1. The van der Waals surface area contributed by atoms with Gasteiger partial charge in [-0.1, -0.05) is 18.5 Å². The van der Waals surface area contributed by atoms with Crippen LogP contribution in [0.1, 0.15) is 36.5 Å².